The van der Waals surface area contributed by atoms with E-state index in [1.54, 1.807) is 6.20 Å². The van der Waals surface area contributed by atoms with Crippen LogP contribution in [0.5, 0.6) is 0 Å². The van der Waals surface area contributed by atoms with E-state index in [0.29, 0.717) is 6.54 Å². The van der Waals surface area contributed by atoms with E-state index in [0.717, 1.165) is 34.8 Å². The molecule has 1 aromatic carbocycles. The number of hydrogen-bond acceptors (Lipinski definition) is 3. The molecule has 0 saturated carbocycles. The summed E-state index contributed by atoms with van der Waals surface area (Å²) >= 11 is 3.40. The molecule has 2 heterocycles. The Balaban J connectivity index is 1.74. The molecule has 19 heavy (non-hydrogen) atoms. The maximum atomic E-state index is 12.1. The van der Waals surface area contributed by atoms with E-state index in [9.17, 15) is 4.79 Å². The van der Waals surface area contributed by atoms with Crippen LogP contribution >= 0.6 is 15.9 Å². The van der Waals surface area contributed by atoms with Crippen molar-refractivity contribution < 1.29 is 9.53 Å². The van der Waals surface area contributed by atoms with Crippen LogP contribution in [0.1, 0.15) is 12.8 Å². The number of fused-ring (bicyclic) bond motifs is 1. The SMILES string of the molecule is O=C(NCC1CCCO1)n1ncc2cc(Br)ccc21. The molecule has 5 nitrogen and oxygen atoms in total. The second kappa shape index (κ2) is 5.30. The molecule has 0 radical (unpaired) electrons. The Kier molecular flexibility index (Phi) is 3.52. The third kappa shape index (κ3) is 2.64. The Morgan fingerprint density at radius 1 is 1.58 bits per heavy atom. The quantitative estimate of drug-likeness (QED) is 0.924. The molecular weight excluding hydrogens is 310 g/mol. The van der Waals surface area contributed by atoms with Crippen LogP contribution in [0.2, 0.25) is 0 Å². The summed E-state index contributed by atoms with van der Waals surface area (Å²) in [5.74, 6) is 0. The molecule has 1 aliphatic heterocycles. The van der Waals surface area contributed by atoms with Gasteiger partial charge in [-0.2, -0.15) is 9.78 Å². The smallest absolute Gasteiger partial charge is 0.342 e. The molecule has 0 bridgehead atoms. The fourth-order valence-electron chi connectivity index (χ4n) is 2.25. The van der Waals surface area contributed by atoms with E-state index < -0.39 is 0 Å². The number of carbonyl (C=O) groups is 1. The van der Waals surface area contributed by atoms with Crippen LogP contribution in [-0.4, -0.2) is 35.1 Å². The molecule has 1 saturated heterocycles. The minimum absolute atomic E-state index is 0.139. The van der Waals surface area contributed by atoms with Gasteiger partial charge in [-0.05, 0) is 31.0 Å². The van der Waals surface area contributed by atoms with Gasteiger partial charge in [-0.3, -0.25) is 0 Å². The van der Waals surface area contributed by atoms with E-state index in [1.165, 1.54) is 4.68 Å². The van der Waals surface area contributed by atoms with Gasteiger partial charge in [0.05, 0.1) is 17.8 Å². The molecule has 1 unspecified atom stereocenters. The zero-order valence-corrected chi connectivity index (χ0v) is 11.9. The molecule has 0 aliphatic carbocycles. The molecule has 1 amide bonds. The zero-order valence-electron chi connectivity index (χ0n) is 10.3. The highest BCUT2D eigenvalue weighted by atomic mass is 79.9. The lowest BCUT2D eigenvalue weighted by atomic mass is 10.2. The number of carbonyl (C=O) groups excluding carboxylic acids is 1. The molecular formula is C13H14BrN3O2. The van der Waals surface area contributed by atoms with E-state index in [1.807, 2.05) is 18.2 Å². The average Bonchev–Trinajstić information content (AvgIpc) is 3.04. The fourth-order valence-corrected chi connectivity index (χ4v) is 2.63. The summed E-state index contributed by atoms with van der Waals surface area (Å²) in [4.78, 5) is 12.1. The van der Waals surface area contributed by atoms with E-state index >= 15 is 0 Å². The molecule has 1 aromatic heterocycles. The summed E-state index contributed by atoms with van der Waals surface area (Å²) in [6.07, 6.45) is 3.90. The standard InChI is InChI=1S/C13H14BrN3O2/c14-10-3-4-12-9(6-10)7-16-17(12)13(18)15-8-11-2-1-5-19-11/h3-4,6-7,11H,1-2,5,8H2,(H,15,18). The van der Waals surface area contributed by atoms with E-state index in [2.05, 4.69) is 26.3 Å². The molecule has 1 atom stereocenters. The summed E-state index contributed by atoms with van der Waals surface area (Å²) in [5, 5.41) is 7.92. The molecule has 2 aromatic rings. The number of amides is 1. The summed E-state index contributed by atoms with van der Waals surface area (Å²) < 4.78 is 7.83. The first-order chi connectivity index (χ1) is 9.24. The second-order valence-corrected chi connectivity index (χ2v) is 5.50. The summed E-state index contributed by atoms with van der Waals surface area (Å²) in [6.45, 7) is 1.33. The number of ether oxygens (including phenoxy) is 1. The van der Waals surface area contributed by atoms with Crippen molar-refractivity contribution >= 4 is 32.9 Å². The van der Waals surface area contributed by atoms with Crippen molar-refractivity contribution in [2.75, 3.05) is 13.2 Å². The van der Waals surface area contributed by atoms with E-state index in [-0.39, 0.29) is 12.1 Å². The second-order valence-electron chi connectivity index (χ2n) is 4.58. The Morgan fingerprint density at radius 3 is 3.26 bits per heavy atom. The number of hydrogen-bond donors (Lipinski definition) is 1. The largest absolute Gasteiger partial charge is 0.376 e. The Labute approximate surface area is 119 Å². The number of nitrogens with one attached hydrogen (secondary N) is 1. The summed E-state index contributed by atoms with van der Waals surface area (Å²) in [6, 6.07) is 5.49. The maximum absolute atomic E-state index is 12.1. The van der Waals surface area contributed by atoms with Crippen LogP contribution in [0.4, 0.5) is 4.79 Å². The molecule has 1 aliphatic rings. The molecule has 1 fully saturated rings. The number of aromatic nitrogens is 2. The lowest BCUT2D eigenvalue weighted by Gasteiger charge is -2.10. The van der Waals surface area contributed by atoms with Crippen LogP contribution in [0.25, 0.3) is 10.9 Å². The highest BCUT2D eigenvalue weighted by molar-refractivity contribution is 9.10. The first kappa shape index (κ1) is 12.6. The molecule has 3 rings (SSSR count). The van der Waals surface area contributed by atoms with Crippen molar-refractivity contribution in [3.63, 3.8) is 0 Å². The van der Waals surface area contributed by atoms with Crippen molar-refractivity contribution in [2.24, 2.45) is 0 Å². The third-order valence-corrected chi connectivity index (χ3v) is 3.72. The van der Waals surface area contributed by atoms with Gasteiger partial charge >= 0.3 is 6.03 Å². The first-order valence-corrected chi connectivity index (χ1v) is 7.06. The monoisotopic (exact) mass is 323 g/mol. The van der Waals surface area contributed by atoms with Gasteiger partial charge in [-0.1, -0.05) is 15.9 Å². The highest BCUT2D eigenvalue weighted by Gasteiger charge is 2.17. The lowest BCUT2D eigenvalue weighted by molar-refractivity contribution is 0.111. The van der Waals surface area contributed by atoms with E-state index in [4.69, 9.17) is 4.74 Å². The average molecular weight is 324 g/mol. The number of rotatable bonds is 2. The van der Waals surface area contributed by atoms with Crippen LogP contribution in [0.15, 0.2) is 28.9 Å². The topological polar surface area (TPSA) is 56.1 Å². The number of halogens is 1. The van der Waals surface area contributed by atoms with Gasteiger partial charge in [-0.15, -0.1) is 0 Å². The Bertz CT molecular complexity index is 605. The van der Waals surface area contributed by atoms with Crippen molar-refractivity contribution in [2.45, 2.75) is 18.9 Å². The van der Waals surface area contributed by atoms with Crippen molar-refractivity contribution in [1.29, 1.82) is 0 Å². The lowest BCUT2D eigenvalue weighted by Crippen LogP contribution is -2.35. The van der Waals surface area contributed by atoms with Gasteiger partial charge < -0.3 is 10.1 Å². The summed E-state index contributed by atoms with van der Waals surface area (Å²) in [5.41, 5.74) is 0.799. The zero-order chi connectivity index (χ0) is 13.2. The number of benzene rings is 1. The fraction of sp³-hybridized carbons (Fsp3) is 0.385. The van der Waals surface area contributed by atoms with Crippen molar-refractivity contribution in [1.82, 2.24) is 15.1 Å². The van der Waals surface area contributed by atoms with Gasteiger partial charge in [0, 0.05) is 23.0 Å². The van der Waals surface area contributed by atoms with Crippen molar-refractivity contribution in [3.05, 3.63) is 28.9 Å². The van der Waals surface area contributed by atoms with Crippen LogP contribution in [0, 0.1) is 0 Å². The molecule has 100 valence electrons. The minimum Gasteiger partial charge on any atom is -0.376 e. The predicted octanol–water partition coefficient (Wildman–Crippen LogP) is 2.54. The Morgan fingerprint density at radius 2 is 2.47 bits per heavy atom. The highest BCUT2D eigenvalue weighted by Crippen LogP contribution is 2.19. The van der Waals surface area contributed by atoms with Crippen molar-refractivity contribution in [3.8, 4) is 0 Å². The first-order valence-electron chi connectivity index (χ1n) is 6.27. The van der Waals surface area contributed by atoms with Crippen LogP contribution in [0.3, 0.4) is 0 Å². The third-order valence-electron chi connectivity index (χ3n) is 3.23. The van der Waals surface area contributed by atoms with Gasteiger partial charge in [0.15, 0.2) is 0 Å². The predicted molar refractivity (Wildman–Crippen MR) is 75.2 cm³/mol. The molecule has 1 N–H and O–H groups in total. The van der Waals surface area contributed by atoms with Crippen LogP contribution < -0.4 is 5.32 Å². The van der Waals surface area contributed by atoms with Crippen LogP contribution in [-0.2, 0) is 4.74 Å². The normalized spacial score (nSPS) is 18.9. The Hall–Kier alpha value is -1.40. The summed E-state index contributed by atoms with van der Waals surface area (Å²) in [7, 11) is 0. The molecule has 0 spiro atoms. The van der Waals surface area contributed by atoms with Gasteiger partial charge in [0.1, 0.15) is 0 Å². The molecule has 6 heteroatoms. The van der Waals surface area contributed by atoms with Gasteiger partial charge in [-0.25, -0.2) is 4.79 Å². The van der Waals surface area contributed by atoms with Gasteiger partial charge in [0.25, 0.3) is 0 Å². The maximum Gasteiger partial charge on any atom is 0.342 e. The van der Waals surface area contributed by atoms with Gasteiger partial charge in [0.2, 0.25) is 0 Å². The number of nitrogens with zero attached hydrogens (tertiary/aromatic N) is 2. The minimum atomic E-state index is -0.215.